The van der Waals surface area contributed by atoms with E-state index in [1.165, 1.54) is 0 Å². The molecule has 0 radical (unpaired) electrons. The molecule has 0 aliphatic heterocycles. The molecule has 2 N–H and O–H groups in total. The van der Waals surface area contributed by atoms with Crippen molar-refractivity contribution in [3.05, 3.63) is 145 Å². The van der Waals surface area contributed by atoms with E-state index >= 15 is 0 Å². The molecule has 0 spiro atoms. The molecule has 0 saturated carbocycles. The maximum atomic E-state index is 10.6. The van der Waals surface area contributed by atoms with Crippen molar-refractivity contribution in [2.75, 3.05) is 0 Å². The number of rotatable bonds is 15. The maximum absolute atomic E-state index is 10.6. The van der Waals surface area contributed by atoms with Crippen LogP contribution in [-0.2, 0) is 26.1 Å². The fourth-order valence-corrected chi connectivity index (χ4v) is 4.65. The van der Waals surface area contributed by atoms with E-state index in [9.17, 15) is 10.2 Å². The van der Waals surface area contributed by atoms with Crippen LogP contribution in [0.5, 0.6) is 11.5 Å². The lowest BCUT2D eigenvalue weighted by Gasteiger charge is -2.18. The van der Waals surface area contributed by atoms with Gasteiger partial charge in [0, 0.05) is 12.8 Å². The van der Waals surface area contributed by atoms with E-state index in [1.54, 1.807) is 12.2 Å². The lowest BCUT2D eigenvalue weighted by atomic mass is 9.95. The first-order valence-electron chi connectivity index (χ1n) is 13.7. The van der Waals surface area contributed by atoms with Crippen LogP contribution in [0, 0.1) is 0 Å². The molecule has 4 rings (SSSR count). The zero-order valence-corrected chi connectivity index (χ0v) is 22.9. The van der Waals surface area contributed by atoms with Gasteiger partial charge in [-0.1, -0.05) is 84.9 Å². The summed E-state index contributed by atoms with van der Waals surface area (Å²) in [6, 6.07) is 32.2. The largest absolute Gasteiger partial charge is 0.489 e. The minimum Gasteiger partial charge on any atom is -0.489 e. The number of aliphatic hydroxyl groups excluding tert-OH is 2. The molecule has 0 amide bonds. The predicted octanol–water partition coefficient (Wildman–Crippen LogP) is 7.47. The van der Waals surface area contributed by atoms with Gasteiger partial charge in [0.2, 0.25) is 0 Å². The fourth-order valence-electron chi connectivity index (χ4n) is 4.65. The number of ether oxygens (including phenoxy) is 2. The van der Waals surface area contributed by atoms with Gasteiger partial charge in [-0.05, 0) is 70.5 Å². The molecule has 0 bridgehead atoms. The molecular weight excluding hydrogens is 496 g/mol. The van der Waals surface area contributed by atoms with Crippen molar-refractivity contribution in [2.24, 2.45) is 0 Å². The van der Waals surface area contributed by atoms with Crippen LogP contribution in [0.4, 0.5) is 0 Å². The molecule has 2 atom stereocenters. The molecule has 0 aliphatic carbocycles. The molecule has 4 nitrogen and oxygen atoms in total. The Morgan fingerprint density at radius 3 is 1.35 bits per heavy atom. The van der Waals surface area contributed by atoms with Gasteiger partial charge in [-0.3, -0.25) is 0 Å². The lowest BCUT2D eigenvalue weighted by Crippen LogP contribution is -2.11. The van der Waals surface area contributed by atoms with Crippen LogP contribution in [0.2, 0.25) is 0 Å². The zero-order chi connectivity index (χ0) is 28.2. The summed E-state index contributed by atoms with van der Waals surface area (Å²) in [6.45, 7) is 8.43. The second kappa shape index (κ2) is 14.9. The summed E-state index contributed by atoms with van der Waals surface area (Å²) in [7, 11) is 0. The lowest BCUT2D eigenvalue weighted by molar-refractivity contribution is 0.176. The average Bonchev–Trinajstić information content (AvgIpc) is 2.97. The van der Waals surface area contributed by atoms with Gasteiger partial charge in [-0.2, -0.15) is 0 Å². The number of benzene rings is 4. The van der Waals surface area contributed by atoms with Crippen LogP contribution in [0.15, 0.2) is 122 Å². The molecule has 0 heterocycles. The van der Waals surface area contributed by atoms with Crippen molar-refractivity contribution >= 4 is 0 Å². The van der Waals surface area contributed by atoms with Gasteiger partial charge in [-0.25, -0.2) is 0 Å². The normalized spacial score (nSPS) is 12.3. The van der Waals surface area contributed by atoms with E-state index in [0.717, 1.165) is 44.9 Å². The first kappa shape index (κ1) is 28.9. The Morgan fingerprint density at radius 1 is 0.575 bits per heavy atom. The second-order valence-corrected chi connectivity index (χ2v) is 9.96. The third kappa shape index (κ3) is 8.44. The quantitative estimate of drug-likeness (QED) is 0.155. The van der Waals surface area contributed by atoms with Crippen LogP contribution < -0.4 is 9.47 Å². The first-order chi connectivity index (χ1) is 19.6. The van der Waals surface area contributed by atoms with Crippen molar-refractivity contribution < 1.29 is 19.7 Å². The van der Waals surface area contributed by atoms with Crippen LogP contribution in [0.25, 0.3) is 11.1 Å². The number of aliphatic hydroxyl groups is 2. The van der Waals surface area contributed by atoms with Crippen LogP contribution in [0.1, 0.15) is 35.1 Å². The summed E-state index contributed by atoms with van der Waals surface area (Å²) in [5, 5.41) is 21.2. The summed E-state index contributed by atoms with van der Waals surface area (Å²) in [4.78, 5) is 0. The average molecular weight is 535 g/mol. The number of hydrogen-bond acceptors (Lipinski definition) is 4. The molecule has 0 saturated heterocycles. The minimum absolute atomic E-state index is 0.448. The molecule has 4 aromatic rings. The standard InChI is InChI=1S/C36H38O4/c1-3-11-33(37)23-31-21-29(17-19-35(31)39-25-27-13-7-5-8-14-27)30-18-20-36(32(22-30)24-34(38)12-4-2)40-26-28-15-9-6-10-16-28/h3-10,13-22,33-34,37-38H,1-2,11-12,23-26H2. The summed E-state index contributed by atoms with van der Waals surface area (Å²) in [6.07, 6.45) is 4.26. The molecule has 4 heteroatoms. The first-order valence-corrected chi connectivity index (χ1v) is 13.7. The van der Waals surface area contributed by atoms with E-state index in [4.69, 9.17) is 9.47 Å². The molecule has 0 aromatic heterocycles. The van der Waals surface area contributed by atoms with Gasteiger partial charge in [-0.15, -0.1) is 13.2 Å². The summed E-state index contributed by atoms with van der Waals surface area (Å²) in [5.41, 5.74) is 6.03. The minimum atomic E-state index is -0.551. The zero-order valence-electron chi connectivity index (χ0n) is 22.9. The highest BCUT2D eigenvalue weighted by molar-refractivity contribution is 5.68. The van der Waals surface area contributed by atoms with Gasteiger partial charge in [0.25, 0.3) is 0 Å². The predicted molar refractivity (Wildman–Crippen MR) is 162 cm³/mol. The van der Waals surface area contributed by atoms with Gasteiger partial charge in [0.05, 0.1) is 12.2 Å². The Bertz CT molecular complexity index is 1260. The third-order valence-corrected chi connectivity index (χ3v) is 6.72. The third-order valence-electron chi connectivity index (χ3n) is 6.72. The van der Waals surface area contributed by atoms with E-state index in [2.05, 4.69) is 25.3 Å². The monoisotopic (exact) mass is 534 g/mol. The summed E-state index contributed by atoms with van der Waals surface area (Å²) < 4.78 is 12.4. The Balaban J connectivity index is 1.62. The molecular formula is C36H38O4. The van der Waals surface area contributed by atoms with Gasteiger partial charge in [0.1, 0.15) is 24.7 Å². The highest BCUT2D eigenvalue weighted by atomic mass is 16.5. The van der Waals surface area contributed by atoms with Crippen molar-refractivity contribution in [2.45, 2.75) is 51.1 Å². The van der Waals surface area contributed by atoms with Gasteiger partial charge < -0.3 is 19.7 Å². The molecule has 2 unspecified atom stereocenters. The summed E-state index contributed by atoms with van der Waals surface area (Å²) in [5.74, 6) is 1.50. The Morgan fingerprint density at radius 2 is 0.975 bits per heavy atom. The smallest absolute Gasteiger partial charge is 0.123 e. The molecule has 0 fully saturated rings. The van der Waals surface area contributed by atoms with E-state index in [1.807, 2.05) is 84.9 Å². The topological polar surface area (TPSA) is 58.9 Å². The van der Waals surface area contributed by atoms with Crippen LogP contribution >= 0.6 is 0 Å². The molecule has 206 valence electrons. The second-order valence-electron chi connectivity index (χ2n) is 9.96. The highest BCUT2D eigenvalue weighted by Crippen LogP contribution is 2.33. The highest BCUT2D eigenvalue weighted by Gasteiger charge is 2.15. The SMILES string of the molecule is C=CCC(O)Cc1cc(-c2ccc(OCc3ccccc3)c(CC(O)CC=C)c2)ccc1OCc1ccccc1. The van der Waals surface area contributed by atoms with E-state index in [-0.39, 0.29) is 0 Å². The van der Waals surface area contributed by atoms with Crippen LogP contribution in [0.3, 0.4) is 0 Å². The maximum Gasteiger partial charge on any atom is 0.123 e. The number of hydrogen-bond donors (Lipinski definition) is 2. The van der Waals surface area contributed by atoms with Gasteiger partial charge in [0.15, 0.2) is 0 Å². The summed E-state index contributed by atoms with van der Waals surface area (Å²) >= 11 is 0. The Labute approximate surface area is 237 Å². The van der Waals surface area contributed by atoms with Crippen molar-refractivity contribution in [1.29, 1.82) is 0 Å². The van der Waals surface area contributed by atoms with Crippen molar-refractivity contribution in [1.82, 2.24) is 0 Å². The molecule has 40 heavy (non-hydrogen) atoms. The Kier molecular flexibility index (Phi) is 10.7. The van der Waals surface area contributed by atoms with E-state index < -0.39 is 12.2 Å². The van der Waals surface area contributed by atoms with Crippen molar-refractivity contribution in [3.63, 3.8) is 0 Å². The van der Waals surface area contributed by atoms with Crippen molar-refractivity contribution in [3.8, 4) is 22.6 Å². The molecule has 0 aliphatic rings. The van der Waals surface area contributed by atoms with Gasteiger partial charge >= 0.3 is 0 Å². The Hall–Kier alpha value is -4.12. The van der Waals surface area contributed by atoms with Crippen LogP contribution in [-0.4, -0.2) is 22.4 Å². The van der Waals surface area contributed by atoms with E-state index in [0.29, 0.717) is 38.9 Å². The fraction of sp³-hybridized carbons (Fsp3) is 0.222. The molecule has 4 aromatic carbocycles.